The molecule has 2 unspecified atom stereocenters. The summed E-state index contributed by atoms with van der Waals surface area (Å²) >= 11 is 4.03. The van der Waals surface area contributed by atoms with Gasteiger partial charge in [-0.2, -0.15) is 0 Å². The highest BCUT2D eigenvalue weighted by molar-refractivity contribution is 9.10. The molecule has 1 aromatic heterocycles. The molecular formula is C24H28BrN3O. The lowest BCUT2D eigenvalue weighted by Crippen LogP contribution is -2.57. The second-order valence-electron chi connectivity index (χ2n) is 10.1. The maximum absolute atomic E-state index is 13.5. The Kier molecular flexibility index (Phi) is 4.03. The van der Waals surface area contributed by atoms with Gasteiger partial charge in [-0.15, -0.1) is 0 Å². The van der Waals surface area contributed by atoms with Crippen molar-refractivity contribution in [1.82, 2.24) is 9.55 Å². The van der Waals surface area contributed by atoms with Gasteiger partial charge >= 0.3 is 0 Å². The van der Waals surface area contributed by atoms with Crippen molar-refractivity contribution < 1.29 is 4.79 Å². The number of carbonyl (C=O) groups is 1. The molecule has 29 heavy (non-hydrogen) atoms. The van der Waals surface area contributed by atoms with Gasteiger partial charge in [-0.05, 0) is 75.3 Å². The molecule has 2 heterocycles. The number of benzene rings is 1. The Hall–Kier alpha value is -1.62. The highest BCUT2D eigenvalue weighted by Gasteiger charge is 2.59. The van der Waals surface area contributed by atoms with Crippen LogP contribution in [0.3, 0.4) is 0 Å². The maximum atomic E-state index is 13.5. The summed E-state index contributed by atoms with van der Waals surface area (Å²) in [5.41, 5.74) is 2.83. The SMILES string of the molecule is O=C(Nc1cccc(-c2cn3c(n2)CCCC3)c1)C12CC3CC(CC(Br)(C3)C1)C2. The third-order valence-corrected chi connectivity index (χ3v) is 8.72. The van der Waals surface area contributed by atoms with Crippen LogP contribution in [0.25, 0.3) is 11.3 Å². The van der Waals surface area contributed by atoms with Gasteiger partial charge in [0.1, 0.15) is 5.82 Å². The first-order valence-electron chi connectivity index (χ1n) is 11.2. The number of anilines is 1. The number of hydrogen-bond donors (Lipinski definition) is 1. The number of amides is 1. The molecule has 2 aromatic rings. The van der Waals surface area contributed by atoms with Crippen LogP contribution in [0.1, 0.15) is 57.2 Å². The minimum absolute atomic E-state index is 0.183. The number of rotatable bonds is 3. The normalized spacial score (nSPS) is 34.8. The van der Waals surface area contributed by atoms with Crippen LogP contribution in [-0.2, 0) is 17.8 Å². The van der Waals surface area contributed by atoms with E-state index in [-0.39, 0.29) is 15.6 Å². The van der Waals surface area contributed by atoms with Gasteiger partial charge in [0.2, 0.25) is 5.91 Å². The van der Waals surface area contributed by atoms with Gasteiger partial charge in [0.05, 0.1) is 11.1 Å². The van der Waals surface area contributed by atoms with Crippen molar-refractivity contribution >= 4 is 27.5 Å². The Morgan fingerprint density at radius 3 is 2.76 bits per heavy atom. The summed E-state index contributed by atoms with van der Waals surface area (Å²) in [6.07, 6.45) is 12.6. The molecule has 4 bridgehead atoms. The van der Waals surface area contributed by atoms with Crippen molar-refractivity contribution in [2.24, 2.45) is 17.3 Å². The fraction of sp³-hybridized carbons (Fsp3) is 0.583. The Bertz CT molecular complexity index is 943. The lowest BCUT2D eigenvalue weighted by Gasteiger charge is -2.59. The molecule has 4 saturated carbocycles. The van der Waals surface area contributed by atoms with Crippen LogP contribution in [0.15, 0.2) is 30.5 Å². The Morgan fingerprint density at radius 2 is 2.00 bits per heavy atom. The first-order chi connectivity index (χ1) is 14.0. The van der Waals surface area contributed by atoms with Crippen LogP contribution in [0, 0.1) is 17.3 Å². The second-order valence-corrected chi connectivity index (χ2v) is 11.8. The van der Waals surface area contributed by atoms with Gasteiger partial charge in [-0.25, -0.2) is 4.98 Å². The number of nitrogens with zero attached hydrogens (tertiary/aromatic N) is 2. The standard InChI is InChI=1S/C24H28BrN3O/c25-24-12-16-8-17(13-24)11-23(10-16,15-24)22(29)26-19-5-3-4-18(9-19)20-14-28-7-2-1-6-21(28)27-20/h3-5,9,14,16-17H,1-2,6-8,10-13,15H2,(H,26,29). The number of alkyl halides is 1. The van der Waals surface area contributed by atoms with E-state index in [0.29, 0.717) is 11.8 Å². The third kappa shape index (κ3) is 3.08. The molecule has 1 N–H and O–H groups in total. The van der Waals surface area contributed by atoms with E-state index >= 15 is 0 Å². The molecule has 5 aliphatic rings. The number of halogens is 1. The molecule has 4 nitrogen and oxygen atoms in total. The Morgan fingerprint density at radius 1 is 1.17 bits per heavy atom. The van der Waals surface area contributed by atoms with E-state index in [1.807, 2.05) is 12.1 Å². The summed E-state index contributed by atoms with van der Waals surface area (Å²) in [5.74, 6) is 2.85. The zero-order valence-corrected chi connectivity index (χ0v) is 18.4. The third-order valence-electron chi connectivity index (χ3n) is 7.80. The van der Waals surface area contributed by atoms with Crippen LogP contribution in [0.4, 0.5) is 5.69 Å². The summed E-state index contributed by atoms with van der Waals surface area (Å²) < 4.78 is 2.49. The fourth-order valence-corrected chi connectivity index (χ4v) is 8.44. The van der Waals surface area contributed by atoms with Gasteiger partial charge in [-0.3, -0.25) is 4.79 Å². The lowest BCUT2D eigenvalue weighted by atomic mass is 9.49. The van der Waals surface area contributed by atoms with Gasteiger partial charge in [0, 0.05) is 34.7 Å². The Labute approximate surface area is 180 Å². The first-order valence-corrected chi connectivity index (χ1v) is 12.0. The van der Waals surface area contributed by atoms with Gasteiger partial charge in [0.15, 0.2) is 0 Å². The van der Waals surface area contributed by atoms with Crippen LogP contribution in [0.5, 0.6) is 0 Å². The minimum atomic E-state index is -0.183. The van der Waals surface area contributed by atoms with E-state index in [2.05, 4.69) is 44.1 Å². The average molecular weight is 454 g/mol. The van der Waals surface area contributed by atoms with Crippen LogP contribution < -0.4 is 5.32 Å². The summed E-state index contributed by atoms with van der Waals surface area (Å²) in [4.78, 5) is 18.3. The zero-order chi connectivity index (χ0) is 19.6. The molecular weight excluding hydrogens is 426 g/mol. The number of aryl methyl sites for hydroxylation is 2. The van der Waals surface area contributed by atoms with Gasteiger partial charge in [0.25, 0.3) is 0 Å². The summed E-state index contributed by atoms with van der Waals surface area (Å²) in [6.45, 7) is 1.07. The molecule has 1 aliphatic heterocycles. The molecule has 7 rings (SSSR count). The molecule has 0 radical (unpaired) electrons. The first kappa shape index (κ1) is 18.2. The molecule has 0 saturated heterocycles. The highest BCUT2D eigenvalue weighted by atomic mass is 79.9. The summed E-state index contributed by atoms with van der Waals surface area (Å²) in [6, 6.07) is 8.25. The van der Waals surface area contributed by atoms with E-state index in [1.54, 1.807) is 0 Å². The molecule has 1 aromatic carbocycles. The van der Waals surface area contributed by atoms with Crippen molar-refractivity contribution in [1.29, 1.82) is 0 Å². The summed E-state index contributed by atoms with van der Waals surface area (Å²) in [5, 5.41) is 3.29. The van der Waals surface area contributed by atoms with Crippen molar-refractivity contribution in [2.75, 3.05) is 5.32 Å². The number of hydrogen-bond acceptors (Lipinski definition) is 2. The van der Waals surface area contributed by atoms with E-state index < -0.39 is 0 Å². The molecule has 2 atom stereocenters. The lowest BCUT2D eigenvalue weighted by molar-refractivity contribution is -0.138. The van der Waals surface area contributed by atoms with Crippen molar-refractivity contribution in [2.45, 2.75) is 68.7 Å². The number of fused-ring (bicyclic) bond motifs is 1. The zero-order valence-electron chi connectivity index (χ0n) is 16.8. The Balaban J connectivity index is 1.25. The number of nitrogens with one attached hydrogen (secondary N) is 1. The monoisotopic (exact) mass is 453 g/mol. The predicted octanol–water partition coefficient (Wildman–Crippen LogP) is 5.56. The molecule has 0 spiro atoms. The topological polar surface area (TPSA) is 46.9 Å². The van der Waals surface area contributed by atoms with Gasteiger partial charge in [-0.1, -0.05) is 28.1 Å². The van der Waals surface area contributed by atoms with Crippen molar-refractivity contribution in [3.8, 4) is 11.3 Å². The van der Waals surface area contributed by atoms with E-state index in [9.17, 15) is 4.79 Å². The average Bonchev–Trinajstić information content (AvgIpc) is 3.10. The largest absolute Gasteiger partial charge is 0.334 e. The number of carbonyl (C=O) groups excluding carboxylic acids is 1. The molecule has 1 amide bonds. The smallest absolute Gasteiger partial charge is 0.230 e. The van der Waals surface area contributed by atoms with Crippen LogP contribution in [-0.4, -0.2) is 19.8 Å². The quantitative estimate of drug-likeness (QED) is 0.618. The highest BCUT2D eigenvalue weighted by Crippen LogP contribution is 2.64. The number of aromatic nitrogens is 2. The number of imidazole rings is 1. The molecule has 152 valence electrons. The maximum Gasteiger partial charge on any atom is 0.230 e. The van der Waals surface area contributed by atoms with E-state index in [4.69, 9.17) is 4.98 Å². The van der Waals surface area contributed by atoms with Crippen LogP contribution >= 0.6 is 15.9 Å². The second kappa shape index (κ2) is 6.44. The fourth-order valence-electron chi connectivity index (χ4n) is 6.99. The molecule has 5 heteroatoms. The summed E-state index contributed by atoms with van der Waals surface area (Å²) in [7, 11) is 0. The molecule has 4 fully saturated rings. The van der Waals surface area contributed by atoms with Crippen molar-refractivity contribution in [3.63, 3.8) is 0 Å². The van der Waals surface area contributed by atoms with E-state index in [1.165, 1.54) is 37.9 Å². The van der Waals surface area contributed by atoms with E-state index in [0.717, 1.165) is 49.2 Å². The van der Waals surface area contributed by atoms with Crippen molar-refractivity contribution in [3.05, 3.63) is 36.3 Å². The predicted molar refractivity (Wildman–Crippen MR) is 118 cm³/mol. The molecule has 4 aliphatic carbocycles. The van der Waals surface area contributed by atoms with Gasteiger partial charge < -0.3 is 9.88 Å². The van der Waals surface area contributed by atoms with Crippen LogP contribution in [0.2, 0.25) is 0 Å². The minimum Gasteiger partial charge on any atom is -0.334 e.